The maximum atomic E-state index is 13.1. The topological polar surface area (TPSA) is 64.0 Å². The van der Waals surface area contributed by atoms with Crippen molar-refractivity contribution in [2.45, 2.75) is 31.4 Å². The van der Waals surface area contributed by atoms with Crippen LogP contribution in [0.5, 0.6) is 0 Å². The number of benzene rings is 2. The van der Waals surface area contributed by atoms with Gasteiger partial charge < -0.3 is 5.32 Å². The number of aryl methyl sites for hydroxylation is 1. The average Bonchev–Trinajstić information content (AvgIpc) is 3.02. The van der Waals surface area contributed by atoms with E-state index < -0.39 is 10.0 Å². The summed E-state index contributed by atoms with van der Waals surface area (Å²) in [6.07, 6.45) is 1.97. The lowest BCUT2D eigenvalue weighted by atomic mass is 9.92. The minimum atomic E-state index is -3.58. The fourth-order valence-electron chi connectivity index (χ4n) is 3.68. The molecule has 2 aromatic carbocycles. The lowest BCUT2D eigenvalue weighted by molar-refractivity contribution is 0.453. The summed E-state index contributed by atoms with van der Waals surface area (Å²) < 4.78 is 27.5. The highest BCUT2D eigenvalue weighted by Gasteiger charge is 2.26. The highest BCUT2D eigenvalue weighted by atomic mass is 35.5. The second kappa shape index (κ2) is 8.00. The second-order valence-corrected chi connectivity index (χ2v) is 8.81. The van der Waals surface area contributed by atoms with Gasteiger partial charge in [-0.05, 0) is 50.0 Å². The van der Waals surface area contributed by atoms with Gasteiger partial charge in [-0.2, -0.15) is 9.19 Å². The first-order chi connectivity index (χ1) is 12.5. The molecule has 1 N–H and O–H groups in total. The molecule has 4 rings (SSSR count). The van der Waals surface area contributed by atoms with Crippen LogP contribution in [0, 0.1) is 6.92 Å². The molecule has 0 atom stereocenters. The summed E-state index contributed by atoms with van der Waals surface area (Å²) in [5, 5.41) is 8.94. The fourth-order valence-corrected chi connectivity index (χ4v) is 5.08. The highest BCUT2D eigenvalue weighted by molar-refractivity contribution is 7.89. The van der Waals surface area contributed by atoms with Crippen LogP contribution in [-0.4, -0.2) is 30.7 Å². The molecule has 0 spiro atoms. The summed E-state index contributed by atoms with van der Waals surface area (Å²) in [6.45, 7) is 3.87. The largest absolute Gasteiger partial charge is 0.317 e. The minimum absolute atomic E-state index is 0. The van der Waals surface area contributed by atoms with Gasteiger partial charge in [0.2, 0.25) is 0 Å². The molecule has 2 heterocycles. The van der Waals surface area contributed by atoms with Crippen LogP contribution in [0.3, 0.4) is 0 Å². The van der Waals surface area contributed by atoms with E-state index in [0.717, 1.165) is 48.1 Å². The Kier molecular flexibility index (Phi) is 5.89. The second-order valence-electron chi connectivity index (χ2n) is 7.01. The molecular formula is C20H24ClN3O2S. The van der Waals surface area contributed by atoms with Crippen molar-refractivity contribution < 1.29 is 8.42 Å². The maximum Gasteiger partial charge on any atom is 0.258 e. The molecule has 1 saturated heterocycles. The first-order valence-corrected chi connectivity index (χ1v) is 10.6. The van der Waals surface area contributed by atoms with E-state index >= 15 is 0 Å². The van der Waals surface area contributed by atoms with Crippen molar-refractivity contribution in [2.24, 2.45) is 0 Å². The third-order valence-corrected chi connectivity index (χ3v) is 6.52. The molecule has 0 radical (unpaired) electrons. The summed E-state index contributed by atoms with van der Waals surface area (Å²) in [4.78, 5) is 0. The zero-order chi connectivity index (χ0) is 18.1. The summed E-state index contributed by atoms with van der Waals surface area (Å²) in [5.41, 5.74) is 3.41. The molecule has 0 saturated carbocycles. The van der Waals surface area contributed by atoms with Crippen LogP contribution < -0.4 is 5.32 Å². The quantitative estimate of drug-likeness (QED) is 0.720. The standard InChI is InChI=1S/C20H23N3O2S.ClH/c1-15-7-8-18-19(13-15)23(22-20(18)17-9-11-21-12-10-17)26(24,25)14-16-5-3-2-4-6-16;/h2-8,13,17,21H,9-12,14H2,1H3;1H. The molecule has 3 aromatic rings. The number of hydrogen-bond donors (Lipinski definition) is 1. The van der Waals surface area contributed by atoms with Gasteiger partial charge in [-0.25, -0.2) is 8.42 Å². The number of fused-ring (bicyclic) bond motifs is 1. The van der Waals surface area contributed by atoms with E-state index in [1.54, 1.807) is 0 Å². The van der Waals surface area contributed by atoms with Crippen molar-refractivity contribution in [3.05, 3.63) is 65.4 Å². The minimum Gasteiger partial charge on any atom is -0.317 e. The van der Waals surface area contributed by atoms with Gasteiger partial charge in [0.05, 0.1) is 17.0 Å². The van der Waals surface area contributed by atoms with Crippen molar-refractivity contribution in [1.82, 2.24) is 14.5 Å². The van der Waals surface area contributed by atoms with E-state index in [-0.39, 0.29) is 18.2 Å². The molecule has 7 heteroatoms. The van der Waals surface area contributed by atoms with Gasteiger partial charge in [0.25, 0.3) is 10.0 Å². The smallest absolute Gasteiger partial charge is 0.258 e. The van der Waals surface area contributed by atoms with Gasteiger partial charge in [-0.3, -0.25) is 0 Å². The molecular weight excluding hydrogens is 382 g/mol. The molecule has 1 aliphatic rings. The van der Waals surface area contributed by atoms with Gasteiger partial charge in [-0.15, -0.1) is 12.4 Å². The van der Waals surface area contributed by atoms with E-state index in [2.05, 4.69) is 10.4 Å². The van der Waals surface area contributed by atoms with Crippen molar-refractivity contribution in [1.29, 1.82) is 0 Å². The molecule has 1 aliphatic heterocycles. The van der Waals surface area contributed by atoms with Gasteiger partial charge in [0, 0.05) is 11.3 Å². The van der Waals surface area contributed by atoms with Gasteiger partial charge in [0.15, 0.2) is 0 Å². The number of rotatable bonds is 4. The average molecular weight is 406 g/mol. The van der Waals surface area contributed by atoms with E-state index in [1.165, 1.54) is 4.09 Å². The van der Waals surface area contributed by atoms with Crippen molar-refractivity contribution >= 4 is 33.3 Å². The Morgan fingerprint density at radius 1 is 1.11 bits per heavy atom. The Balaban J connectivity index is 0.00000210. The Bertz CT molecular complexity index is 1030. The van der Waals surface area contributed by atoms with E-state index in [1.807, 2.05) is 55.5 Å². The van der Waals surface area contributed by atoms with Gasteiger partial charge in [-0.1, -0.05) is 42.5 Å². The summed E-state index contributed by atoms with van der Waals surface area (Å²) in [6, 6.07) is 15.2. The zero-order valence-electron chi connectivity index (χ0n) is 15.3. The Hall–Kier alpha value is -1.89. The number of piperidine rings is 1. The molecule has 0 aliphatic carbocycles. The summed E-state index contributed by atoms with van der Waals surface area (Å²) in [5.74, 6) is 0.249. The van der Waals surface area contributed by atoms with Crippen LogP contribution in [0.4, 0.5) is 0 Å². The predicted octanol–water partition coefficient (Wildman–Crippen LogP) is 3.61. The summed E-state index contributed by atoms with van der Waals surface area (Å²) >= 11 is 0. The Labute approximate surface area is 166 Å². The number of nitrogens with zero attached hydrogens (tertiary/aromatic N) is 2. The SMILES string of the molecule is Cc1ccc2c(C3CCNCC3)nn(S(=O)(=O)Cc3ccccc3)c2c1.Cl. The van der Waals surface area contributed by atoms with E-state index in [9.17, 15) is 8.42 Å². The Morgan fingerprint density at radius 3 is 2.52 bits per heavy atom. The van der Waals surface area contributed by atoms with Crippen molar-refractivity contribution in [2.75, 3.05) is 13.1 Å². The van der Waals surface area contributed by atoms with Crippen molar-refractivity contribution in [3.63, 3.8) is 0 Å². The lowest BCUT2D eigenvalue weighted by Crippen LogP contribution is -2.27. The number of halogens is 1. The maximum absolute atomic E-state index is 13.1. The van der Waals surface area contributed by atoms with Crippen LogP contribution in [0.2, 0.25) is 0 Å². The molecule has 0 bridgehead atoms. The van der Waals surface area contributed by atoms with Crippen LogP contribution in [-0.2, 0) is 15.8 Å². The van der Waals surface area contributed by atoms with Gasteiger partial charge >= 0.3 is 0 Å². The molecule has 144 valence electrons. The van der Waals surface area contributed by atoms with E-state index in [4.69, 9.17) is 0 Å². The predicted molar refractivity (Wildman–Crippen MR) is 111 cm³/mol. The molecule has 1 fully saturated rings. The molecule has 1 aromatic heterocycles. The lowest BCUT2D eigenvalue weighted by Gasteiger charge is -2.21. The first-order valence-electron chi connectivity index (χ1n) is 9.02. The fraction of sp³-hybridized carbons (Fsp3) is 0.350. The number of nitrogens with one attached hydrogen (secondary N) is 1. The zero-order valence-corrected chi connectivity index (χ0v) is 16.9. The third kappa shape index (κ3) is 4.03. The van der Waals surface area contributed by atoms with Crippen LogP contribution >= 0.6 is 12.4 Å². The number of aromatic nitrogens is 2. The molecule has 0 amide bonds. The third-order valence-electron chi connectivity index (χ3n) is 5.02. The monoisotopic (exact) mass is 405 g/mol. The van der Waals surface area contributed by atoms with Crippen LogP contribution in [0.1, 0.15) is 35.6 Å². The van der Waals surface area contributed by atoms with Crippen LogP contribution in [0.15, 0.2) is 48.5 Å². The Morgan fingerprint density at radius 2 is 1.81 bits per heavy atom. The van der Waals surface area contributed by atoms with Crippen molar-refractivity contribution in [3.8, 4) is 0 Å². The highest BCUT2D eigenvalue weighted by Crippen LogP contribution is 2.32. The first kappa shape index (κ1) is 19.9. The molecule has 27 heavy (non-hydrogen) atoms. The summed E-state index contributed by atoms with van der Waals surface area (Å²) in [7, 11) is -3.58. The number of hydrogen-bond acceptors (Lipinski definition) is 4. The van der Waals surface area contributed by atoms with Gasteiger partial charge in [0.1, 0.15) is 0 Å². The van der Waals surface area contributed by atoms with Crippen LogP contribution in [0.25, 0.3) is 10.9 Å². The van der Waals surface area contributed by atoms with E-state index in [0.29, 0.717) is 11.4 Å². The normalized spacial score (nSPS) is 15.6. The molecule has 0 unspecified atom stereocenters. The molecule has 5 nitrogen and oxygen atoms in total.